The average Bonchev–Trinajstić information content (AvgIpc) is 3.26. The number of anilines is 1. The van der Waals surface area contributed by atoms with Crippen molar-refractivity contribution in [2.45, 2.75) is 11.1 Å². The summed E-state index contributed by atoms with van der Waals surface area (Å²) in [5, 5.41) is -0.428. The first-order valence-corrected chi connectivity index (χ1v) is 11.1. The minimum atomic E-state index is -4.91. The van der Waals surface area contributed by atoms with Crippen molar-refractivity contribution >= 4 is 44.1 Å². The van der Waals surface area contributed by atoms with Crippen LogP contribution in [0.2, 0.25) is 5.02 Å². The van der Waals surface area contributed by atoms with Gasteiger partial charge in [0.1, 0.15) is 27.0 Å². The van der Waals surface area contributed by atoms with Crippen LogP contribution < -0.4 is 9.46 Å². The monoisotopic (exact) mass is 508 g/mol. The quantitative estimate of drug-likeness (QED) is 0.376. The summed E-state index contributed by atoms with van der Waals surface area (Å²) in [6.07, 6.45) is -0.782. The van der Waals surface area contributed by atoms with Crippen LogP contribution in [0.3, 0.4) is 0 Å². The molecule has 0 saturated heterocycles. The number of halogens is 4. The van der Waals surface area contributed by atoms with E-state index < -0.39 is 37.5 Å². The minimum Gasteiger partial charge on any atom is -0.494 e. The number of aromatic amines is 1. The molecule has 1 aromatic carbocycles. The second-order valence-corrected chi connectivity index (χ2v) is 8.79. The van der Waals surface area contributed by atoms with Crippen LogP contribution in [-0.4, -0.2) is 36.3 Å². The number of sulfonamides is 1. The number of nitrogens with one attached hydrogen (secondary N) is 2. The molecule has 0 aliphatic heterocycles. The van der Waals surface area contributed by atoms with E-state index in [9.17, 15) is 26.4 Å². The highest BCUT2D eigenvalue weighted by molar-refractivity contribution is 7.92. The fourth-order valence-electron chi connectivity index (χ4n) is 3.13. The molecule has 0 aliphatic carbocycles. The topological polar surface area (TPSA) is 114 Å². The zero-order valence-electron chi connectivity index (χ0n) is 17.0. The second-order valence-electron chi connectivity index (χ2n) is 6.76. The molecule has 0 fully saturated rings. The van der Waals surface area contributed by atoms with Crippen molar-refractivity contribution in [1.29, 1.82) is 0 Å². The molecule has 3 aromatic heterocycles. The number of methoxy groups -OCH3 is 1. The van der Waals surface area contributed by atoms with Crippen molar-refractivity contribution in [2.24, 2.45) is 0 Å². The number of H-pyrrole nitrogens is 1. The smallest absolute Gasteiger partial charge is 0.418 e. The number of hydrogen-bond donors (Lipinski definition) is 2. The summed E-state index contributed by atoms with van der Waals surface area (Å²) in [4.78, 5) is 23.5. The highest BCUT2D eigenvalue weighted by Gasteiger charge is 2.35. The van der Waals surface area contributed by atoms with Crippen LogP contribution in [0.15, 0.2) is 47.8 Å². The first-order chi connectivity index (χ1) is 16.0. The van der Waals surface area contributed by atoms with Gasteiger partial charge in [0.25, 0.3) is 10.0 Å². The van der Waals surface area contributed by atoms with Crippen LogP contribution in [0.25, 0.3) is 11.0 Å². The molecule has 2 N–H and O–H groups in total. The molecule has 13 heteroatoms. The summed E-state index contributed by atoms with van der Waals surface area (Å²) in [7, 11) is -3.30. The maximum absolute atomic E-state index is 13.4. The van der Waals surface area contributed by atoms with E-state index in [2.05, 4.69) is 25.7 Å². The molecule has 0 bridgehead atoms. The molecule has 3 heterocycles. The number of carbonyl (C=O) groups is 1. The van der Waals surface area contributed by atoms with Gasteiger partial charge in [-0.15, -0.1) is 0 Å². The third kappa shape index (κ3) is 4.23. The van der Waals surface area contributed by atoms with E-state index in [4.69, 9.17) is 16.3 Å². The molecule has 174 valence electrons. The summed E-state index contributed by atoms with van der Waals surface area (Å²) in [5.41, 5.74) is -1.53. The van der Waals surface area contributed by atoms with Crippen molar-refractivity contribution in [3.8, 4) is 5.75 Å². The largest absolute Gasteiger partial charge is 0.494 e. The number of alkyl halides is 3. The fourth-order valence-corrected chi connectivity index (χ4v) is 4.36. The van der Waals surface area contributed by atoms with Gasteiger partial charge in [-0.25, -0.2) is 13.4 Å². The number of hydrogen-bond acceptors (Lipinski definition) is 6. The van der Waals surface area contributed by atoms with E-state index in [0.717, 1.165) is 0 Å². The Bertz CT molecular complexity index is 1520. The highest BCUT2D eigenvalue weighted by atomic mass is 35.5. The van der Waals surface area contributed by atoms with Crippen LogP contribution >= 0.6 is 11.6 Å². The molecule has 0 amide bonds. The van der Waals surface area contributed by atoms with Crippen LogP contribution in [0, 0.1) is 12.1 Å². The molecule has 4 rings (SSSR count). The fraction of sp³-hybridized carbons (Fsp3) is 0.0952. The molecule has 0 unspecified atom stereocenters. The van der Waals surface area contributed by atoms with E-state index in [1.165, 1.54) is 31.6 Å². The van der Waals surface area contributed by atoms with Gasteiger partial charge in [0.15, 0.2) is 0 Å². The van der Waals surface area contributed by atoms with E-state index in [-0.39, 0.29) is 22.7 Å². The van der Waals surface area contributed by atoms with E-state index >= 15 is 0 Å². The van der Waals surface area contributed by atoms with Crippen LogP contribution in [0.1, 0.15) is 21.6 Å². The lowest BCUT2D eigenvalue weighted by Crippen LogP contribution is -2.18. The number of aromatic nitrogens is 3. The third-order valence-electron chi connectivity index (χ3n) is 4.67. The summed E-state index contributed by atoms with van der Waals surface area (Å²) < 4.78 is 72.5. The lowest BCUT2D eigenvalue weighted by molar-refractivity contribution is -0.137. The van der Waals surface area contributed by atoms with Crippen molar-refractivity contribution in [3.63, 3.8) is 0 Å². The van der Waals surface area contributed by atoms with Gasteiger partial charge in [-0.3, -0.25) is 14.5 Å². The van der Waals surface area contributed by atoms with Crippen LogP contribution in [0.5, 0.6) is 5.75 Å². The molecular formula is C21H12ClF3N4O4S. The average molecular weight is 509 g/mol. The Labute approximate surface area is 195 Å². The molecule has 0 atom stereocenters. The van der Waals surface area contributed by atoms with E-state index in [1.807, 2.05) is 6.07 Å². The first kappa shape index (κ1) is 23.3. The lowest BCUT2D eigenvalue weighted by Gasteiger charge is -2.13. The van der Waals surface area contributed by atoms with Gasteiger partial charge in [-0.05, 0) is 36.4 Å². The maximum Gasteiger partial charge on any atom is 0.418 e. The summed E-state index contributed by atoms with van der Waals surface area (Å²) in [6.45, 7) is 0. The molecule has 0 spiro atoms. The Morgan fingerprint density at radius 3 is 2.71 bits per heavy atom. The zero-order chi connectivity index (χ0) is 24.7. The van der Waals surface area contributed by atoms with E-state index in [1.54, 1.807) is 12.3 Å². The van der Waals surface area contributed by atoms with Crippen molar-refractivity contribution in [2.75, 3.05) is 11.8 Å². The molecule has 8 nitrogen and oxygen atoms in total. The number of nitrogens with zero attached hydrogens (tertiary/aromatic N) is 2. The van der Waals surface area contributed by atoms with Gasteiger partial charge in [0, 0.05) is 17.8 Å². The molecular weight excluding hydrogens is 497 g/mol. The number of ether oxygens (including phenoxy) is 1. The predicted molar refractivity (Wildman–Crippen MR) is 115 cm³/mol. The Kier molecular flexibility index (Phi) is 5.84. The van der Waals surface area contributed by atoms with Crippen LogP contribution in [0.4, 0.5) is 18.9 Å². The first-order valence-electron chi connectivity index (χ1n) is 9.26. The van der Waals surface area contributed by atoms with Gasteiger partial charge in [-0.2, -0.15) is 13.2 Å². The normalized spacial score (nSPS) is 11.8. The lowest BCUT2D eigenvalue weighted by atomic mass is 10.0. The predicted octanol–water partition coefficient (Wildman–Crippen LogP) is 4.27. The summed E-state index contributed by atoms with van der Waals surface area (Å²) >= 11 is 5.50. The van der Waals surface area contributed by atoms with Crippen molar-refractivity contribution in [1.82, 2.24) is 15.0 Å². The number of ketones is 1. The SMILES string of the molecule is COc1cnc2[nH]ccc2c1C(=O)c1ncccc1NS(=O)(=O)c1c#cc(Cl)c(C(F)(F)F)c1. The minimum absolute atomic E-state index is 0.0682. The maximum atomic E-state index is 13.4. The van der Waals surface area contributed by atoms with Crippen molar-refractivity contribution < 1.29 is 31.1 Å². The Hall–Kier alpha value is -3.82. The molecule has 0 aliphatic rings. The molecule has 34 heavy (non-hydrogen) atoms. The van der Waals surface area contributed by atoms with Gasteiger partial charge in [0.2, 0.25) is 5.78 Å². The molecule has 4 aromatic rings. The number of fused-ring (bicyclic) bond motifs is 1. The second kappa shape index (κ2) is 8.51. The molecule has 0 radical (unpaired) electrons. The Balaban J connectivity index is 1.78. The van der Waals surface area contributed by atoms with Crippen LogP contribution in [-0.2, 0) is 16.2 Å². The molecule has 0 saturated carbocycles. The highest BCUT2D eigenvalue weighted by Crippen LogP contribution is 2.35. The zero-order valence-corrected chi connectivity index (χ0v) is 18.6. The number of pyridine rings is 2. The van der Waals surface area contributed by atoms with E-state index in [0.29, 0.717) is 17.1 Å². The van der Waals surface area contributed by atoms with Gasteiger partial charge in [0.05, 0.1) is 30.1 Å². The van der Waals surface area contributed by atoms with Crippen molar-refractivity contribution in [3.05, 3.63) is 76.8 Å². The van der Waals surface area contributed by atoms with Gasteiger partial charge < -0.3 is 9.72 Å². The Morgan fingerprint density at radius 2 is 2.00 bits per heavy atom. The third-order valence-corrected chi connectivity index (χ3v) is 6.25. The summed E-state index contributed by atoms with van der Waals surface area (Å²) in [6, 6.07) is 8.54. The Morgan fingerprint density at radius 1 is 1.24 bits per heavy atom. The number of carbonyl (C=O) groups excluding carboxylic acids is 1. The standard InChI is InChI=1S/C21H12ClF3N4O4S/c1-33-16-10-28-20-12(6-8-27-20)17(16)19(30)18-15(3-2-7-26-18)29-34(31,32)11-4-5-14(22)13(9-11)21(23,24)25/h2-3,6-10,29H,1H3,(H,27,28). The summed E-state index contributed by atoms with van der Waals surface area (Å²) in [5.74, 6) is -0.586. The van der Waals surface area contributed by atoms with Gasteiger partial charge in [-0.1, -0.05) is 11.6 Å². The van der Waals surface area contributed by atoms with Gasteiger partial charge >= 0.3 is 6.18 Å². The number of rotatable bonds is 6.